The van der Waals surface area contributed by atoms with Crippen molar-refractivity contribution in [1.82, 2.24) is 10.2 Å². The van der Waals surface area contributed by atoms with Crippen LogP contribution in [0.2, 0.25) is 0 Å². The van der Waals surface area contributed by atoms with Crippen molar-refractivity contribution < 1.29 is 13.9 Å². The summed E-state index contributed by atoms with van der Waals surface area (Å²) in [6.45, 7) is 4.23. The van der Waals surface area contributed by atoms with E-state index in [1.54, 1.807) is 6.92 Å². The minimum Gasteiger partial charge on any atom is -0.459 e. The smallest absolute Gasteiger partial charge is 0.396 e. The second kappa shape index (κ2) is 4.63. The van der Waals surface area contributed by atoms with Crippen molar-refractivity contribution in [3.8, 4) is 0 Å². The van der Waals surface area contributed by atoms with Crippen LogP contribution in [0.25, 0.3) is 0 Å². The van der Waals surface area contributed by atoms with Crippen molar-refractivity contribution >= 4 is 5.97 Å². The van der Waals surface area contributed by atoms with E-state index in [2.05, 4.69) is 17.1 Å². The Kier molecular flexibility index (Phi) is 3.22. The van der Waals surface area contributed by atoms with Gasteiger partial charge < -0.3 is 9.15 Å². The Balaban J connectivity index is 2.10. The first kappa shape index (κ1) is 11.1. The summed E-state index contributed by atoms with van der Waals surface area (Å²) >= 11 is 0. The van der Waals surface area contributed by atoms with Crippen LogP contribution in [-0.4, -0.2) is 22.8 Å². The molecule has 1 fully saturated rings. The van der Waals surface area contributed by atoms with Gasteiger partial charge in [-0.15, -0.1) is 10.2 Å². The van der Waals surface area contributed by atoms with Gasteiger partial charge >= 0.3 is 11.9 Å². The van der Waals surface area contributed by atoms with E-state index in [1.807, 2.05) is 0 Å². The lowest BCUT2D eigenvalue weighted by atomic mass is 9.98. The van der Waals surface area contributed by atoms with Crippen LogP contribution in [0.5, 0.6) is 0 Å². The number of esters is 1. The second-order valence-corrected chi connectivity index (χ2v) is 4.18. The molecule has 88 valence electrons. The number of carbonyl (C=O) groups excluding carboxylic acids is 1. The van der Waals surface area contributed by atoms with Gasteiger partial charge in [-0.25, -0.2) is 4.79 Å². The number of rotatable bonds is 3. The van der Waals surface area contributed by atoms with Gasteiger partial charge in [0.1, 0.15) is 0 Å². The van der Waals surface area contributed by atoms with E-state index in [-0.39, 0.29) is 5.89 Å². The molecule has 1 aromatic heterocycles. The Morgan fingerprint density at radius 3 is 2.94 bits per heavy atom. The Morgan fingerprint density at radius 2 is 2.31 bits per heavy atom. The third-order valence-corrected chi connectivity index (χ3v) is 3.07. The highest BCUT2D eigenvalue weighted by Crippen LogP contribution is 2.38. The van der Waals surface area contributed by atoms with Crippen LogP contribution < -0.4 is 0 Å². The first-order valence-corrected chi connectivity index (χ1v) is 5.73. The minimum absolute atomic E-state index is 0.0315. The fraction of sp³-hybridized carbons (Fsp3) is 0.727. The summed E-state index contributed by atoms with van der Waals surface area (Å²) in [5.74, 6) is 0.863. The molecule has 0 spiro atoms. The normalized spacial score (nSPS) is 24.6. The summed E-state index contributed by atoms with van der Waals surface area (Å²) in [7, 11) is 0. The van der Waals surface area contributed by atoms with Crippen LogP contribution in [0.4, 0.5) is 0 Å². The molecule has 5 heteroatoms. The van der Waals surface area contributed by atoms with Crippen molar-refractivity contribution in [3.05, 3.63) is 11.8 Å². The second-order valence-electron chi connectivity index (χ2n) is 4.18. The fourth-order valence-corrected chi connectivity index (χ4v) is 2.17. The summed E-state index contributed by atoms with van der Waals surface area (Å²) < 4.78 is 10.2. The van der Waals surface area contributed by atoms with E-state index in [4.69, 9.17) is 9.15 Å². The summed E-state index contributed by atoms with van der Waals surface area (Å²) in [5, 5.41) is 7.66. The summed E-state index contributed by atoms with van der Waals surface area (Å²) in [5.41, 5.74) is 0. The minimum atomic E-state index is -0.535. The van der Waals surface area contributed by atoms with Gasteiger partial charge in [0, 0.05) is 5.92 Å². The first-order chi connectivity index (χ1) is 7.72. The fourth-order valence-electron chi connectivity index (χ4n) is 2.17. The number of nitrogens with zero attached hydrogens (tertiary/aromatic N) is 2. The van der Waals surface area contributed by atoms with Crippen molar-refractivity contribution in [1.29, 1.82) is 0 Å². The van der Waals surface area contributed by atoms with E-state index in [0.717, 1.165) is 6.42 Å². The number of hydrogen-bond donors (Lipinski definition) is 0. The van der Waals surface area contributed by atoms with Crippen LogP contribution >= 0.6 is 0 Å². The predicted molar refractivity (Wildman–Crippen MR) is 56.0 cm³/mol. The average Bonchev–Trinajstić information content (AvgIpc) is 2.86. The summed E-state index contributed by atoms with van der Waals surface area (Å²) in [4.78, 5) is 11.3. The zero-order chi connectivity index (χ0) is 11.5. The lowest BCUT2D eigenvalue weighted by Gasteiger charge is -2.08. The highest BCUT2D eigenvalue weighted by Gasteiger charge is 2.30. The van der Waals surface area contributed by atoms with Gasteiger partial charge in [-0.3, -0.25) is 0 Å². The molecule has 16 heavy (non-hydrogen) atoms. The predicted octanol–water partition coefficient (Wildman–Crippen LogP) is 2.15. The van der Waals surface area contributed by atoms with Crippen LogP contribution in [0.1, 0.15) is 55.6 Å². The maximum absolute atomic E-state index is 11.3. The van der Waals surface area contributed by atoms with Crippen molar-refractivity contribution in [2.75, 3.05) is 6.61 Å². The Bertz CT molecular complexity index is 375. The largest absolute Gasteiger partial charge is 0.459 e. The Hall–Kier alpha value is -1.39. The molecule has 1 aromatic rings. The van der Waals surface area contributed by atoms with E-state index in [0.29, 0.717) is 24.3 Å². The lowest BCUT2D eigenvalue weighted by Crippen LogP contribution is -2.04. The molecule has 1 aliphatic rings. The molecule has 2 rings (SSSR count). The highest BCUT2D eigenvalue weighted by atomic mass is 16.5. The number of aromatic nitrogens is 2. The summed E-state index contributed by atoms with van der Waals surface area (Å²) in [6.07, 6.45) is 3.43. The molecule has 0 amide bonds. The van der Waals surface area contributed by atoms with E-state index < -0.39 is 5.97 Å². The standard InChI is InChI=1S/C11H16N2O3/c1-3-15-11(14)10-13-12-9(16-10)8-6-4-5-7(8)2/h7-8H,3-6H2,1-2H3. The number of carbonyl (C=O) groups is 1. The molecule has 0 radical (unpaired) electrons. The maximum atomic E-state index is 11.3. The van der Waals surface area contributed by atoms with Gasteiger partial charge in [-0.2, -0.15) is 0 Å². The molecule has 1 heterocycles. The monoisotopic (exact) mass is 224 g/mol. The molecule has 2 unspecified atom stereocenters. The topological polar surface area (TPSA) is 65.2 Å². The van der Waals surface area contributed by atoms with Gasteiger partial charge in [0.2, 0.25) is 5.89 Å². The Labute approximate surface area is 94.2 Å². The molecule has 5 nitrogen and oxygen atoms in total. The molecule has 0 bridgehead atoms. The number of ether oxygens (including phenoxy) is 1. The van der Waals surface area contributed by atoms with Gasteiger partial charge in [0.15, 0.2) is 0 Å². The lowest BCUT2D eigenvalue weighted by molar-refractivity contribution is 0.0477. The molecular weight excluding hydrogens is 208 g/mol. The molecule has 0 aliphatic heterocycles. The van der Waals surface area contributed by atoms with Crippen molar-refractivity contribution in [2.45, 2.75) is 39.0 Å². The molecule has 0 N–H and O–H groups in total. The zero-order valence-electron chi connectivity index (χ0n) is 9.60. The van der Waals surface area contributed by atoms with Crippen LogP contribution in [0, 0.1) is 5.92 Å². The van der Waals surface area contributed by atoms with Gasteiger partial charge in [0.05, 0.1) is 6.61 Å². The third-order valence-electron chi connectivity index (χ3n) is 3.07. The van der Waals surface area contributed by atoms with Crippen molar-refractivity contribution in [2.24, 2.45) is 5.92 Å². The number of hydrogen-bond acceptors (Lipinski definition) is 5. The molecule has 1 saturated carbocycles. The highest BCUT2D eigenvalue weighted by molar-refractivity contribution is 5.83. The van der Waals surface area contributed by atoms with E-state index >= 15 is 0 Å². The first-order valence-electron chi connectivity index (χ1n) is 5.73. The molecule has 0 saturated heterocycles. The SMILES string of the molecule is CCOC(=O)c1nnc(C2CCCC2C)o1. The summed E-state index contributed by atoms with van der Waals surface area (Å²) in [6, 6.07) is 0. The van der Waals surface area contributed by atoms with E-state index in [1.165, 1.54) is 12.8 Å². The van der Waals surface area contributed by atoms with Crippen LogP contribution in [0.3, 0.4) is 0 Å². The molecule has 2 atom stereocenters. The molecule has 1 aliphatic carbocycles. The van der Waals surface area contributed by atoms with Gasteiger partial charge in [-0.05, 0) is 25.7 Å². The average molecular weight is 224 g/mol. The maximum Gasteiger partial charge on any atom is 0.396 e. The van der Waals surface area contributed by atoms with Crippen molar-refractivity contribution in [3.63, 3.8) is 0 Å². The van der Waals surface area contributed by atoms with E-state index in [9.17, 15) is 4.79 Å². The van der Waals surface area contributed by atoms with Gasteiger partial charge in [0.25, 0.3) is 0 Å². The van der Waals surface area contributed by atoms with Gasteiger partial charge in [-0.1, -0.05) is 13.3 Å². The quantitative estimate of drug-likeness (QED) is 0.736. The third kappa shape index (κ3) is 2.08. The molecule has 0 aromatic carbocycles. The Morgan fingerprint density at radius 1 is 1.50 bits per heavy atom. The molecular formula is C11H16N2O3. The van der Waals surface area contributed by atoms with Crippen LogP contribution in [0.15, 0.2) is 4.42 Å². The zero-order valence-corrected chi connectivity index (χ0v) is 9.60. The van der Waals surface area contributed by atoms with Crippen LogP contribution in [-0.2, 0) is 4.74 Å².